The largest absolute Gasteiger partial charge is 0.465 e. The van der Waals surface area contributed by atoms with Crippen molar-refractivity contribution in [3.8, 4) is 11.4 Å². The minimum atomic E-state index is -3.85. The van der Waals surface area contributed by atoms with Gasteiger partial charge in [-0.2, -0.15) is 0 Å². The van der Waals surface area contributed by atoms with E-state index in [1.54, 1.807) is 62.7 Å². The monoisotopic (exact) mass is 528 g/mol. The lowest BCUT2D eigenvalue weighted by Crippen LogP contribution is -2.20. The molecule has 0 aliphatic heterocycles. The smallest absolute Gasteiger partial charge is 0.319 e. The molecule has 0 aliphatic carbocycles. The number of carbonyl (C=O) groups excluding carboxylic acids is 1. The summed E-state index contributed by atoms with van der Waals surface area (Å²) >= 11 is 1.28. The Morgan fingerprint density at radius 3 is 2.47 bits per heavy atom. The lowest BCUT2D eigenvalue weighted by atomic mass is 10.1. The van der Waals surface area contributed by atoms with E-state index in [2.05, 4.69) is 10.2 Å². The van der Waals surface area contributed by atoms with Crippen molar-refractivity contribution in [1.29, 1.82) is 0 Å². The molecule has 1 atom stereocenters. The third-order valence-electron chi connectivity index (χ3n) is 5.62. The zero-order valence-electron chi connectivity index (χ0n) is 20.3. The molecule has 2 heterocycles. The molecule has 0 saturated carbocycles. The molecule has 0 saturated heterocycles. The van der Waals surface area contributed by atoms with Crippen LogP contribution in [0.2, 0.25) is 0 Å². The standard InChI is InChI=1S/C25H28N4O5S2/c1-4-22(24(30)34-5-2)35-25-27-26-23(28(25)15-16-33-3)20-17-29(21-14-10-9-13-19(20)21)36(31,32)18-11-7-6-8-12-18/h6-14,17,22H,4-5,15-16H2,1-3H3. The Morgan fingerprint density at radius 2 is 1.78 bits per heavy atom. The van der Waals surface area contributed by atoms with Gasteiger partial charge in [0.1, 0.15) is 5.25 Å². The van der Waals surface area contributed by atoms with Crippen LogP contribution in [-0.2, 0) is 30.8 Å². The minimum absolute atomic E-state index is 0.189. The van der Waals surface area contributed by atoms with E-state index in [-0.39, 0.29) is 10.9 Å². The molecule has 0 amide bonds. The summed E-state index contributed by atoms with van der Waals surface area (Å²) in [7, 11) is -2.25. The fourth-order valence-electron chi connectivity index (χ4n) is 3.85. The molecule has 190 valence electrons. The van der Waals surface area contributed by atoms with Crippen LogP contribution in [0.3, 0.4) is 0 Å². The molecule has 2 aromatic heterocycles. The zero-order valence-corrected chi connectivity index (χ0v) is 22.0. The molecule has 4 rings (SSSR count). The maximum Gasteiger partial charge on any atom is 0.319 e. The highest BCUT2D eigenvalue weighted by molar-refractivity contribution is 8.00. The van der Waals surface area contributed by atoms with Crippen molar-refractivity contribution in [1.82, 2.24) is 18.7 Å². The van der Waals surface area contributed by atoms with Gasteiger partial charge in [0.05, 0.1) is 30.2 Å². The summed E-state index contributed by atoms with van der Waals surface area (Å²) in [6, 6.07) is 15.6. The molecule has 1 unspecified atom stereocenters. The first-order chi connectivity index (χ1) is 17.4. The van der Waals surface area contributed by atoms with Gasteiger partial charge in [-0.25, -0.2) is 12.4 Å². The molecule has 9 nitrogen and oxygen atoms in total. The first kappa shape index (κ1) is 25.9. The van der Waals surface area contributed by atoms with Crippen molar-refractivity contribution in [3.05, 3.63) is 60.8 Å². The molecule has 36 heavy (non-hydrogen) atoms. The van der Waals surface area contributed by atoms with Crippen LogP contribution >= 0.6 is 11.8 Å². The van der Waals surface area contributed by atoms with Gasteiger partial charge in [-0.1, -0.05) is 55.1 Å². The number of ether oxygens (including phenoxy) is 2. The lowest BCUT2D eigenvalue weighted by molar-refractivity contribution is -0.142. The van der Waals surface area contributed by atoms with Crippen molar-refractivity contribution in [3.63, 3.8) is 0 Å². The van der Waals surface area contributed by atoms with Crippen LogP contribution in [0.15, 0.2) is 70.8 Å². The van der Waals surface area contributed by atoms with Gasteiger partial charge in [0.25, 0.3) is 10.0 Å². The molecule has 0 bridgehead atoms. The van der Waals surface area contributed by atoms with Crippen LogP contribution in [0.1, 0.15) is 20.3 Å². The van der Waals surface area contributed by atoms with Crippen molar-refractivity contribution < 1.29 is 22.7 Å². The number of fused-ring (bicyclic) bond motifs is 1. The summed E-state index contributed by atoms with van der Waals surface area (Å²) in [5.41, 5.74) is 1.15. The van der Waals surface area contributed by atoms with Crippen LogP contribution < -0.4 is 0 Å². The molecule has 0 radical (unpaired) electrons. The Kier molecular flexibility index (Phi) is 8.12. The van der Waals surface area contributed by atoms with Gasteiger partial charge in [0.15, 0.2) is 11.0 Å². The summed E-state index contributed by atoms with van der Waals surface area (Å²) in [5.74, 6) is 0.185. The van der Waals surface area contributed by atoms with Crippen molar-refractivity contribution in [2.24, 2.45) is 0 Å². The second-order valence-corrected chi connectivity index (χ2v) is 10.9. The number of nitrogens with zero attached hydrogens (tertiary/aromatic N) is 4. The Labute approximate surface area is 214 Å². The van der Waals surface area contributed by atoms with Gasteiger partial charge in [-0.3, -0.25) is 9.36 Å². The van der Waals surface area contributed by atoms with Gasteiger partial charge in [-0.15, -0.1) is 10.2 Å². The molecule has 2 aromatic carbocycles. The average molecular weight is 529 g/mol. The normalized spacial score (nSPS) is 12.6. The molecule has 4 aromatic rings. The number of aromatic nitrogens is 4. The van der Waals surface area contributed by atoms with Gasteiger partial charge in [0, 0.05) is 24.3 Å². The topological polar surface area (TPSA) is 105 Å². The van der Waals surface area contributed by atoms with Crippen molar-refractivity contribution in [2.45, 2.75) is 42.1 Å². The maximum atomic E-state index is 13.5. The Hall–Kier alpha value is -3.15. The highest BCUT2D eigenvalue weighted by Crippen LogP contribution is 2.35. The predicted octanol–water partition coefficient (Wildman–Crippen LogP) is 4.22. The number of thioether (sulfide) groups is 1. The molecule has 0 aliphatic rings. The number of rotatable bonds is 11. The number of hydrogen-bond donors (Lipinski definition) is 0. The minimum Gasteiger partial charge on any atom is -0.465 e. The highest BCUT2D eigenvalue weighted by atomic mass is 32.2. The summed E-state index contributed by atoms with van der Waals surface area (Å²) in [5, 5.41) is 9.60. The van der Waals surface area contributed by atoms with E-state index in [0.29, 0.717) is 48.2 Å². The number of benzene rings is 2. The first-order valence-corrected chi connectivity index (χ1v) is 13.9. The summed E-state index contributed by atoms with van der Waals surface area (Å²) in [4.78, 5) is 12.6. The zero-order chi connectivity index (χ0) is 25.7. The van der Waals surface area contributed by atoms with Gasteiger partial charge >= 0.3 is 5.97 Å². The number of carbonyl (C=O) groups is 1. The number of hydrogen-bond acceptors (Lipinski definition) is 8. The summed E-state index contributed by atoms with van der Waals surface area (Å²) < 4.78 is 40.7. The van der Waals surface area contributed by atoms with Crippen LogP contribution in [0, 0.1) is 0 Å². The fraction of sp³-hybridized carbons (Fsp3) is 0.320. The van der Waals surface area contributed by atoms with Crippen LogP contribution in [0.4, 0.5) is 0 Å². The third-order valence-corrected chi connectivity index (χ3v) is 8.63. The summed E-state index contributed by atoms with van der Waals surface area (Å²) in [6.45, 7) is 4.79. The number of para-hydroxylation sites is 1. The maximum absolute atomic E-state index is 13.5. The quantitative estimate of drug-likeness (QED) is 0.211. The van der Waals surface area contributed by atoms with E-state index in [1.807, 2.05) is 23.6 Å². The Morgan fingerprint density at radius 1 is 1.06 bits per heavy atom. The number of methoxy groups -OCH3 is 1. The Bertz CT molecular complexity index is 1450. The van der Waals surface area contributed by atoms with Crippen LogP contribution in [0.5, 0.6) is 0 Å². The van der Waals surface area contributed by atoms with Gasteiger partial charge in [-0.05, 0) is 31.5 Å². The van der Waals surface area contributed by atoms with E-state index < -0.39 is 15.3 Å². The average Bonchev–Trinajstić information content (AvgIpc) is 3.48. The highest BCUT2D eigenvalue weighted by Gasteiger charge is 2.27. The Balaban J connectivity index is 1.84. The SMILES string of the molecule is CCOC(=O)C(CC)Sc1nnc(-c2cn(S(=O)(=O)c3ccccc3)c3ccccc23)n1CCOC. The summed E-state index contributed by atoms with van der Waals surface area (Å²) in [6.07, 6.45) is 2.14. The lowest BCUT2D eigenvalue weighted by Gasteiger charge is -2.14. The van der Waals surface area contributed by atoms with Crippen molar-refractivity contribution >= 4 is 38.7 Å². The van der Waals surface area contributed by atoms with Gasteiger partial charge in [0.2, 0.25) is 0 Å². The molecular weight excluding hydrogens is 500 g/mol. The number of esters is 1. The molecule has 0 N–H and O–H groups in total. The third kappa shape index (κ3) is 5.04. The molecular formula is C25H28N4O5S2. The second-order valence-electron chi connectivity index (χ2n) is 7.89. The fourth-order valence-corrected chi connectivity index (χ4v) is 6.22. The molecule has 0 fully saturated rings. The van der Waals surface area contributed by atoms with E-state index >= 15 is 0 Å². The van der Waals surface area contributed by atoms with E-state index in [9.17, 15) is 13.2 Å². The van der Waals surface area contributed by atoms with E-state index in [1.165, 1.54) is 15.7 Å². The van der Waals surface area contributed by atoms with Gasteiger partial charge < -0.3 is 9.47 Å². The van der Waals surface area contributed by atoms with Crippen LogP contribution in [0.25, 0.3) is 22.3 Å². The molecule has 11 heteroatoms. The van der Waals surface area contributed by atoms with E-state index in [4.69, 9.17) is 9.47 Å². The second kappa shape index (κ2) is 11.3. The first-order valence-electron chi connectivity index (χ1n) is 11.6. The van der Waals surface area contributed by atoms with Crippen molar-refractivity contribution in [2.75, 3.05) is 20.3 Å². The predicted molar refractivity (Wildman–Crippen MR) is 138 cm³/mol. The molecule has 0 spiro atoms. The van der Waals surface area contributed by atoms with Crippen LogP contribution in [-0.4, -0.2) is 58.7 Å². The van der Waals surface area contributed by atoms with E-state index in [0.717, 1.165) is 5.39 Å².